The van der Waals surface area contributed by atoms with Gasteiger partial charge >= 0.3 is 5.97 Å². The van der Waals surface area contributed by atoms with Gasteiger partial charge in [0.2, 0.25) is 0 Å². The van der Waals surface area contributed by atoms with Gasteiger partial charge in [0.15, 0.2) is 0 Å². The second-order valence-corrected chi connectivity index (χ2v) is 5.75. The third kappa shape index (κ3) is 3.19. The number of carboxylic acid groups (broad SMARTS) is 1. The van der Waals surface area contributed by atoms with Crippen molar-refractivity contribution in [3.05, 3.63) is 0 Å². The van der Waals surface area contributed by atoms with Crippen LogP contribution in [0.1, 0.15) is 32.6 Å². The van der Waals surface area contributed by atoms with Gasteiger partial charge in [0.1, 0.15) is 0 Å². The Morgan fingerprint density at radius 2 is 2.18 bits per heavy atom. The Morgan fingerprint density at radius 3 is 2.71 bits per heavy atom. The third-order valence-electron chi connectivity index (χ3n) is 4.25. The molecule has 0 aromatic heterocycles. The van der Waals surface area contributed by atoms with Gasteiger partial charge in [-0.15, -0.1) is 0 Å². The molecule has 4 nitrogen and oxygen atoms in total. The molecule has 2 aliphatic heterocycles. The highest BCUT2D eigenvalue weighted by Gasteiger charge is 2.37. The van der Waals surface area contributed by atoms with Crippen LogP contribution in [0.5, 0.6) is 0 Å². The summed E-state index contributed by atoms with van der Waals surface area (Å²) < 4.78 is 5.48. The molecule has 1 atom stereocenters. The Balaban J connectivity index is 1.77. The number of carbonyl (C=O) groups is 1. The van der Waals surface area contributed by atoms with Crippen molar-refractivity contribution in [3.8, 4) is 0 Å². The minimum Gasteiger partial charge on any atom is -0.481 e. The van der Waals surface area contributed by atoms with E-state index >= 15 is 0 Å². The summed E-state index contributed by atoms with van der Waals surface area (Å²) in [5.74, 6) is 0.0103. The molecule has 0 aromatic rings. The summed E-state index contributed by atoms with van der Waals surface area (Å²) in [7, 11) is 0. The van der Waals surface area contributed by atoms with Crippen LogP contribution < -0.4 is 0 Å². The van der Waals surface area contributed by atoms with Gasteiger partial charge in [-0.25, -0.2) is 0 Å². The number of likely N-dealkylation sites (tertiary alicyclic amines) is 1. The summed E-state index contributed by atoms with van der Waals surface area (Å²) in [5, 5.41) is 9.17. The molecule has 0 saturated carbocycles. The molecule has 98 valence electrons. The molecule has 4 heteroatoms. The Kier molecular flexibility index (Phi) is 4.05. The average Bonchev–Trinajstić information content (AvgIpc) is 2.33. The topological polar surface area (TPSA) is 49.8 Å². The van der Waals surface area contributed by atoms with E-state index in [0.29, 0.717) is 5.92 Å². The van der Waals surface area contributed by atoms with Crippen molar-refractivity contribution in [2.24, 2.45) is 11.3 Å². The molecular formula is C13H23NO3. The van der Waals surface area contributed by atoms with Gasteiger partial charge in [0, 0.05) is 13.2 Å². The van der Waals surface area contributed by atoms with Crippen molar-refractivity contribution in [3.63, 3.8) is 0 Å². The molecule has 0 radical (unpaired) electrons. The van der Waals surface area contributed by atoms with Crippen LogP contribution in [-0.2, 0) is 9.53 Å². The van der Waals surface area contributed by atoms with Crippen LogP contribution in [-0.4, -0.2) is 48.8 Å². The summed E-state index contributed by atoms with van der Waals surface area (Å²) >= 11 is 0. The van der Waals surface area contributed by atoms with Gasteiger partial charge in [-0.1, -0.05) is 0 Å². The van der Waals surface area contributed by atoms with E-state index in [1.807, 2.05) is 6.92 Å². The minimum atomic E-state index is -0.641. The van der Waals surface area contributed by atoms with Crippen LogP contribution >= 0.6 is 0 Å². The van der Waals surface area contributed by atoms with Gasteiger partial charge < -0.3 is 14.7 Å². The Labute approximate surface area is 103 Å². The smallest absolute Gasteiger partial charge is 0.309 e. The maximum absolute atomic E-state index is 11.1. The predicted molar refractivity (Wildman–Crippen MR) is 65.0 cm³/mol. The zero-order valence-electron chi connectivity index (χ0n) is 10.7. The molecule has 1 unspecified atom stereocenters. The first-order valence-corrected chi connectivity index (χ1v) is 6.64. The van der Waals surface area contributed by atoms with Gasteiger partial charge in [-0.3, -0.25) is 4.79 Å². The normalized spacial score (nSPS) is 30.1. The molecule has 0 amide bonds. The number of hydrogen-bond acceptors (Lipinski definition) is 3. The quantitative estimate of drug-likeness (QED) is 0.815. The second kappa shape index (κ2) is 5.36. The molecule has 0 aromatic carbocycles. The fraction of sp³-hybridized carbons (Fsp3) is 0.923. The summed E-state index contributed by atoms with van der Waals surface area (Å²) in [5.41, 5.74) is -0.500. The van der Waals surface area contributed by atoms with Gasteiger partial charge in [-0.05, 0) is 51.6 Å². The highest BCUT2D eigenvalue weighted by molar-refractivity contribution is 5.74. The predicted octanol–water partition coefficient (Wildman–Crippen LogP) is 1.60. The van der Waals surface area contributed by atoms with Crippen LogP contribution in [0.4, 0.5) is 0 Å². The number of nitrogens with zero attached hydrogens (tertiary/aromatic N) is 1. The van der Waals surface area contributed by atoms with Gasteiger partial charge in [0.25, 0.3) is 0 Å². The van der Waals surface area contributed by atoms with Gasteiger partial charge in [0.05, 0.1) is 12.0 Å². The molecule has 2 heterocycles. The van der Waals surface area contributed by atoms with Crippen LogP contribution in [0.15, 0.2) is 0 Å². The van der Waals surface area contributed by atoms with E-state index < -0.39 is 11.4 Å². The molecule has 0 aliphatic carbocycles. The number of aliphatic carboxylic acids is 1. The van der Waals surface area contributed by atoms with Crippen molar-refractivity contribution in [1.29, 1.82) is 0 Å². The molecular weight excluding hydrogens is 218 g/mol. The van der Waals surface area contributed by atoms with Gasteiger partial charge in [-0.2, -0.15) is 0 Å². The molecule has 2 fully saturated rings. The van der Waals surface area contributed by atoms with Crippen LogP contribution in [0.3, 0.4) is 0 Å². The highest BCUT2D eigenvalue weighted by atomic mass is 16.5. The lowest BCUT2D eigenvalue weighted by Crippen LogP contribution is -2.45. The lowest BCUT2D eigenvalue weighted by atomic mass is 9.80. The summed E-state index contributed by atoms with van der Waals surface area (Å²) in [6.07, 6.45) is 3.98. The number of piperidine rings is 1. The second-order valence-electron chi connectivity index (χ2n) is 5.75. The fourth-order valence-electron chi connectivity index (χ4n) is 2.76. The standard InChI is InChI=1S/C13H23NO3/c1-13(12(15)16)4-6-14(7-5-13)9-11-3-2-8-17-10-11/h11H,2-10H2,1H3,(H,15,16). The molecule has 0 bridgehead atoms. The van der Waals surface area contributed by atoms with E-state index in [0.717, 1.165) is 45.7 Å². The third-order valence-corrected chi connectivity index (χ3v) is 4.25. The average molecular weight is 241 g/mol. The molecule has 17 heavy (non-hydrogen) atoms. The minimum absolute atomic E-state index is 0.500. The maximum Gasteiger partial charge on any atom is 0.309 e. The Morgan fingerprint density at radius 1 is 1.47 bits per heavy atom. The summed E-state index contributed by atoms with van der Waals surface area (Å²) in [6.45, 7) is 6.57. The number of carboxylic acids is 1. The van der Waals surface area contributed by atoms with E-state index in [1.54, 1.807) is 0 Å². The first kappa shape index (κ1) is 12.8. The zero-order valence-corrected chi connectivity index (χ0v) is 10.7. The summed E-state index contributed by atoms with van der Waals surface area (Å²) in [6, 6.07) is 0. The molecule has 2 saturated heterocycles. The van der Waals surface area contributed by atoms with E-state index in [-0.39, 0.29) is 0 Å². The Bertz CT molecular complexity index is 266. The highest BCUT2D eigenvalue weighted by Crippen LogP contribution is 2.31. The van der Waals surface area contributed by atoms with Crippen molar-refractivity contribution in [1.82, 2.24) is 4.90 Å². The Hall–Kier alpha value is -0.610. The first-order valence-electron chi connectivity index (χ1n) is 6.64. The van der Waals surface area contributed by atoms with E-state index in [4.69, 9.17) is 9.84 Å². The van der Waals surface area contributed by atoms with E-state index in [9.17, 15) is 4.79 Å². The number of rotatable bonds is 3. The number of ether oxygens (including phenoxy) is 1. The molecule has 2 rings (SSSR count). The molecule has 0 spiro atoms. The van der Waals surface area contributed by atoms with Crippen molar-refractivity contribution in [2.45, 2.75) is 32.6 Å². The lowest BCUT2D eigenvalue weighted by molar-refractivity contribution is -0.150. The lowest BCUT2D eigenvalue weighted by Gasteiger charge is -2.38. The first-order chi connectivity index (χ1) is 8.10. The van der Waals surface area contributed by atoms with E-state index in [2.05, 4.69) is 4.90 Å². The van der Waals surface area contributed by atoms with Crippen molar-refractivity contribution in [2.75, 3.05) is 32.8 Å². The number of hydrogen-bond donors (Lipinski definition) is 1. The maximum atomic E-state index is 11.1. The van der Waals surface area contributed by atoms with Crippen LogP contribution in [0.25, 0.3) is 0 Å². The largest absolute Gasteiger partial charge is 0.481 e. The van der Waals surface area contributed by atoms with Crippen molar-refractivity contribution < 1.29 is 14.6 Å². The summed E-state index contributed by atoms with van der Waals surface area (Å²) in [4.78, 5) is 13.5. The van der Waals surface area contributed by atoms with Crippen LogP contribution in [0, 0.1) is 11.3 Å². The SMILES string of the molecule is CC1(C(=O)O)CCN(CC2CCCOC2)CC1. The fourth-order valence-corrected chi connectivity index (χ4v) is 2.76. The van der Waals surface area contributed by atoms with E-state index in [1.165, 1.54) is 12.8 Å². The monoisotopic (exact) mass is 241 g/mol. The molecule has 1 N–H and O–H groups in total. The van der Waals surface area contributed by atoms with Crippen molar-refractivity contribution >= 4 is 5.97 Å². The molecule has 2 aliphatic rings. The zero-order chi connectivity index (χ0) is 12.3. The van der Waals surface area contributed by atoms with Crippen LogP contribution in [0.2, 0.25) is 0 Å².